The minimum Gasteiger partial charge on any atom is -0.495 e. The van der Waals surface area contributed by atoms with Crippen molar-refractivity contribution in [2.45, 2.75) is 31.9 Å². The zero-order valence-corrected chi connectivity index (χ0v) is 16.6. The van der Waals surface area contributed by atoms with E-state index < -0.39 is 33.9 Å². The second-order valence-electron chi connectivity index (χ2n) is 6.95. The second kappa shape index (κ2) is 8.31. The summed E-state index contributed by atoms with van der Waals surface area (Å²) in [5, 5.41) is 4.57. The molecule has 1 aromatic heterocycles. The van der Waals surface area contributed by atoms with E-state index in [9.17, 15) is 18.0 Å². The molecule has 0 saturated carbocycles. The zero-order valence-electron chi connectivity index (χ0n) is 15.8. The number of urea groups is 1. The number of imide groups is 1. The van der Waals surface area contributed by atoms with Gasteiger partial charge in [0.15, 0.2) is 0 Å². The van der Waals surface area contributed by atoms with Gasteiger partial charge in [-0.05, 0) is 18.9 Å². The topological polar surface area (TPSA) is 127 Å². The van der Waals surface area contributed by atoms with Gasteiger partial charge in [0.1, 0.15) is 17.9 Å². The van der Waals surface area contributed by atoms with Crippen LogP contribution in [0, 0.1) is 5.92 Å². The van der Waals surface area contributed by atoms with Crippen molar-refractivity contribution in [2.24, 2.45) is 5.92 Å². The number of hydrogen-bond acceptors (Lipinski definition) is 7. The monoisotopic (exact) mass is 412 g/mol. The Morgan fingerprint density at radius 2 is 2.00 bits per heavy atom. The van der Waals surface area contributed by atoms with E-state index in [-0.39, 0.29) is 11.9 Å². The van der Waals surface area contributed by atoms with E-state index in [0.717, 1.165) is 0 Å². The summed E-state index contributed by atoms with van der Waals surface area (Å²) < 4.78 is 37.7. The van der Waals surface area contributed by atoms with Crippen molar-refractivity contribution in [3.8, 4) is 11.6 Å². The van der Waals surface area contributed by atoms with E-state index in [1.165, 1.54) is 4.31 Å². The van der Waals surface area contributed by atoms with E-state index in [1.54, 1.807) is 32.4 Å². The van der Waals surface area contributed by atoms with Crippen molar-refractivity contribution < 1.29 is 27.5 Å². The minimum atomic E-state index is -3.55. The first-order chi connectivity index (χ1) is 13.3. The SMILES string of the molecule is COc1ccc(OC2CCN(S(=O)(=O)CC(C)C3NC(=O)NC3=O)CC2)nc1. The Morgan fingerprint density at radius 1 is 1.29 bits per heavy atom. The van der Waals surface area contributed by atoms with Gasteiger partial charge in [-0.1, -0.05) is 6.92 Å². The van der Waals surface area contributed by atoms with Gasteiger partial charge in [-0.15, -0.1) is 0 Å². The van der Waals surface area contributed by atoms with Crippen LogP contribution in [0.3, 0.4) is 0 Å². The van der Waals surface area contributed by atoms with Crippen LogP contribution in [0.2, 0.25) is 0 Å². The zero-order chi connectivity index (χ0) is 20.3. The van der Waals surface area contributed by atoms with E-state index in [2.05, 4.69) is 15.6 Å². The lowest BCUT2D eigenvalue weighted by molar-refractivity contribution is -0.120. The summed E-state index contributed by atoms with van der Waals surface area (Å²) >= 11 is 0. The van der Waals surface area contributed by atoms with Gasteiger partial charge in [-0.2, -0.15) is 0 Å². The molecule has 2 N–H and O–H groups in total. The van der Waals surface area contributed by atoms with Crippen LogP contribution < -0.4 is 20.1 Å². The maximum Gasteiger partial charge on any atom is 0.322 e. The van der Waals surface area contributed by atoms with Crippen LogP contribution in [-0.4, -0.2) is 67.7 Å². The van der Waals surface area contributed by atoms with E-state index >= 15 is 0 Å². The van der Waals surface area contributed by atoms with Gasteiger partial charge >= 0.3 is 6.03 Å². The van der Waals surface area contributed by atoms with E-state index in [0.29, 0.717) is 37.6 Å². The molecule has 28 heavy (non-hydrogen) atoms. The summed E-state index contributed by atoms with van der Waals surface area (Å²) in [4.78, 5) is 27.1. The first-order valence-electron chi connectivity index (χ1n) is 9.04. The summed E-state index contributed by atoms with van der Waals surface area (Å²) in [6, 6.07) is 2.04. The fourth-order valence-electron chi connectivity index (χ4n) is 3.32. The molecule has 0 aliphatic carbocycles. The lowest BCUT2D eigenvalue weighted by atomic mass is 10.1. The fourth-order valence-corrected chi connectivity index (χ4v) is 5.16. The molecule has 3 amide bonds. The van der Waals surface area contributed by atoms with Crippen molar-refractivity contribution in [3.05, 3.63) is 18.3 Å². The summed E-state index contributed by atoms with van der Waals surface area (Å²) in [5.41, 5.74) is 0. The fraction of sp³-hybridized carbons (Fsp3) is 0.588. The molecule has 2 saturated heterocycles. The molecule has 3 rings (SSSR count). The minimum absolute atomic E-state index is 0.121. The predicted molar refractivity (Wildman–Crippen MR) is 99.4 cm³/mol. The molecule has 2 unspecified atom stereocenters. The average molecular weight is 412 g/mol. The summed E-state index contributed by atoms with van der Waals surface area (Å²) in [6.45, 7) is 2.30. The third-order valence-electron chi connectivity index (χ3n) is 4.88. The van der Waals surface area contributed by atoms with Crippen LogP contribution in [0.4, 0.5) is 4.79 Å². The van der Waals surface area contributed by atoms with Crippen molar-refractivity contribution in [1.29, 1.82) is 0 Å². The van der Waals surface area contributed by atoms with Crippen LogP contribution in [0.5, 0.6) is 11.6 Å². The first kappa shape index (κ1) is 20.3. The molecular formula is C17H24N4O6S. The van der Waals surface area contributed by atoms with Gasteiger partial charge in [0, 0.05) is 25.1 Å². The molecule has 10 nitrogen and oxygen atoms in total. The largest absolute Gasteiger partial charge is 0.495 e. The van der Waals surface area contributed by atoms with Crippen molar-refractivity contribution in [2.75, 3.05) is 26.0 Å². The number of hydrogen-bond donors (Lipinski definition) is 2. The third kappa shape index (κ3) is 4.71. The van der Waals surface area contributed by atoms with E-state index in [4.69, 9.17) is 9.47 Å². The lowest BCUT2D eigenvalue weighted by Gasteiger charge is -2.32. The molecule has 2 atom stereocenters. The number of carbonyl (C=O) groups excluding carboxylic acids is 2. The normalized spacial score (nSPS) is 22.4. The average Bonchev–Trinajstić information content (AvgIpc) is 3.01. The molecule has 154 valence electrons. The number of nitrogens with zero attached hydrogens (tertiary/aromatic N) is 2. The Hall–Kier alpha value is -2.40. The number of pyridine rings is 1. The predicted octanol–water partition coefficient (Wildman–Crippen LogP) is 0.107. The standard InChI is InChI=1S/C17H24N4O6S/c1-11(15-16(22)20-17(23)19-15)10-28(24,25)21-7-5-12(6-8-21)27-14-4-3-13(26-2)9-18-14/h3-4,9,11-12,15H,5-8,10H2,1-2H3,(H2,19,20,22,23). The van der Waals surface area contributed by atoms with Crippen LogP contribution in [0.25, 0.3) is 0 Å². The third-order valence-corrected chi connectivity index (χ3v) is 6.97. The number of nitrogens with one attached hydrogen (secondary N) is 2. The lowest BCUT2D eigenvalue weighted by Crippen LogP contribution is -2.46. The van der Waals surface area contributed by atoms with Crippen molar-refractivity contribution >= 4 is 22.0 Å². The molecule has 2 fully saturated rings. The summed E-state index contributed by atoms with van der Waals surface area (Å²) in [5.74, 6) is -0.134. The molecule has 11 heteroatoms. The Bertz CT molecular complexity index is 821. The smallest absolute Gasteiger partial charge is 0.322 e. The second-order valence-corrected chi connectivity index (χ2v) is 8.96. The van der Waals surface area contributed by atoms with Gasteiger partial charge in [-0.3, -0.25) is 10.1 Å². The number of aromatic nitrogens is 1. The van der Waals surface area contributed by atoms with Crippen molar-refractivity contribution in [1.82, 2.24) is 19.9 Å². The highest BCUT2D eigenvalue weighted by Crippen LogP contribution is 2.22. The van der Waals surface area contributed by atoms with Crippen molar-refractivity contribution in [3.63, 3.8) is 0 Å². The Balaban J connectivity index is 1.51. The summed E-state index contributed by atoms with van der Waals surface area (Å²) in [7, 11) is -1.99. The van der Waals surface area contributed by atoms with Gasteiger partial charge in [0.2, 0.25) is 15.9 Å². The molecular weight excluding hydrogens is 388 g/mol. The molecule has 1 aromatic rings. The Kier molecular flexibility index (Phi) is 6.04. The molecule has 3 heterocycles. The molecule has 0 bridgehead atoms. The molecule has 2 aliphatic heterocycles. The summed E-state index contributed by atoms with van der Waals surface area (Å²) in [6.07, 6.45) is 2.53. The molecule has 2 aliphatic rings. The highest BCUT2D eigenvalue weighted by Gasteiger charge is 2.38. The van der Waals surface area contributed by atoms with E-state index in [1.807, 2.05) is 0 Å². The number of sulfonamides is 1. The maximum atomic E-state index is 12.7. The quantitative estimate of drug-likeness (QED) is 0.609. The number of carbonyl (C=O) groups is 2. The highest BCUT2D eigenvalue weighted by atomic mass is 32.2. The Morgan fingerprint density at radius 3 is 2.54 bits per heavy atom. The van der Waals surface area contributed by atoms with Crippen LogP contribution in [0.1, 0.15) is 19.8 Å². The van der Waals surface area contributed by atoms with Gasteiger partial charge < -0.3 is 14.8 Å². The number of amides is 3. The van der Waals surface area contributed by atoms with Gasteiger partial charge in [0.25, 0.3) is 5.91 Å². The Labute approximate surface area is 163 Å². The number of ether oxygens (including phenoxy) is 2. The molecule has 0 aromatic carbocycles. The highest BCUT2D eigenvalue weighted by molar-refractivity contribution is 7.89. The maximum absolute atomic E-state index is 12.7. The molecule has 0 radical (unpaired) electrons. The number of methoxy groups -OCH3 is 1. The van der Waals surface area contributed by atoms with Crippen LogP contribution in [0.15, 0.2) is 18.3 Å². The number of piperidine rings is 1. The van der Waals surface area contributed by atoms with Crippen LogP contribution in [-0.2, 0) is 14.8 Å². The number of rotatable bonds is 7. The van der Waals surface area contributed by atoms with Crippen LogP contribution >= 0.6 is 0 Å². The van der Waals surface area contributed by atoms with Gasteiger partial charge in [-0.25, -0.2) is 22.5 Å². The molecule has 0 spiro atoms. The first-order valence-corrected chi connectivity index (χ1v) is 10.7. The van der Waals surface area contributed by atoms with Gasteiger partial charge in [0.05, 0.1) is 19.1 Å².